The Kier molecular flexibility index (Phi) is 3.13. The maximum atomic E-state index is 13.6. The largest absolute Gasteiger partial charge is 0.380 e. The third kappa shape index (κ3) is 2.11. The molecule has 94 valence electrons. The summed E-state index contributed by atoms with van der Waals surface area (Å²) in [5.74, 6) is -2.17. The van der Waals surface area contributed by atoms with Crippen LogP contribution in [0.5, 0.6) is 0 Å². The molecule has 0 aliphatic carbocycles. The average molecular weight is 252 g/mol. The zero-order valence-electron chi connectivity index (χ0n) is 9.62. The lowest BCUT2D eigenvalue weighted by atomic mass is 9.87. The van der Waals surface area contributed by atoms with Crippen LogP contribution in [-0.4, -0.2) is 5.11 Å². The van der Waals surface area contributed by atoms with E-state index in [-0.39, 0.29) is 5.56 Å². The minimum Gasteiger partial charge on any atom is -0.380 e. The Balaban J connectivity index is 2.57. The van der Waals surface area contributed by atoms with Crippen LogP contribution >= 0.6 is 0 Å². The second-order valence-electron chi connectivity index (χ2n) is 4.18. The van der Waals surface area contributed by atoms with Crippen molar-refractivity contribution in [3.63, 3.8) is 0 Å². The van der Waals surface area contributed by atoms with E-state index >= 15 is 0 Å². The molecule has 0 radical (unpaired) electrons. The smallest absolute Gasteiger partial charge is 0.132 e. The summed E-state index contributed by atoms with van der Waals surface area (Å²) >= 11 is 0. The number of hydrogen-bond acceptors (Lipinski definition) is 1. The van der Waals surface area contributed by atoms with Crippen LogP contribution in [0.2, 0.25) is 0 Å². The molecule has 0 saturated carbocycles. The molecule has 2 aromatic rings. The second-order valence-corrected chi connectivity index (χ2v) is 4.18. The van der Waals surface area contributed by atoms with Crippen LogP contribution in [0.15, 0.2) is 42.5 Å². The molecule has 0 aliphatic rings. The van der Waals surface area contributed by atoms with E-state index in [2.05, 4.69) is 0 Å². The number of halogens is 3. The van der Waals surface area contributed by atoms with Crippen LogP contribution in [0.1, 0.15) is 18.1 Å². The van der Waals surface area contributed by atoms with Crippen LogP contribution in [0.4, 0.5) is 13.2 Å². The Labute approximate surface area is 103 Å². The van der Waals surface area contributed by atoms with E-state index in [1.54, 1.807) is 0 Å². The van der Waals surface area contributed by atoms with Crippen molar-refractivity contribution in [2.45, 2.75) is 12.5 Å². The average Bonchev–Trinajstić information content (AvgIpc) is 2.29. The second kappa shape index (κ2) is 4.46. The summed E-state index contributed by atoms with van der Waals surface area (Å²) in [5, 5.41) is 10.3. The van der Waals surface area contributed by atoms with Gasteiger partial charge in [-0.3, -0.25) is 0 Å². The van der Waals surface area contributed by atoms with Gasteiger partial charge in [-0.25, -0.2) is 13.2 Å². The summed E-state index contributed by atoms with van der Waals surface area (Å²) in [6, 6.07) is 8.19. The van der Waals surface area contributed by atoms with Crippen molar-refractivity contribution in [1.82, 2.24) is 0 Å². The first-order valence-electron chi connectivity index (χ1n) is 5.36. The van der Waals surface area contributed by atoms with Crippen LogP contribution < -0.4 is 0 Å². The van der Waals surface area contributed by atoms with E-state index in [0.717, 1.165) is 24.3 Å². The summed E-state index contributed by atoms with van der Waals surface area (Å²) in [7, 11) is 0. The van der Waals surface area contributed by atoms with E-state index in [0.29, 0.717) is 0 Å². The predicted molar refractivity (Wildman–Crippen MR) is 61.4 cm³/mol. The summed E-state index contributed by atoms with van der Waals surface area (Å²) in [6.45, 7) is 1.27. The fourth-order valence-electron chi connectivity index (χ4n) is 1.88. The van der Waals surface area contributed by atoms with Crippen molar-refractivity contribution >= 4 is 0 Å². The topological polar surface area (TPSA) is 20.2 Å². The van der Waals surface area contributed by atoms with Crippen molar-refractivity contribution in [1.29, 1.82) is 0 Å². The molecule has 0 amide bonds. The normalized spacial score (nSPS) is 14.3. The molecule has 0 bridgehead atoms. The lowest BCUT2D eigenvalue weighted by Gasteiger charge is -2.25. The van der Waals surface area contributed by atoms with Crippen LogP contribution in [0.3, 0.4) is 0 Å². The van der Waals surface area contributed by atoms with E-state index in [1.807, 2.05) is 0 Å². The summed E-state index contributed by atoms with van der Waals surface area (Å²) in [6.07, 6.45) is 0. The molecule has 0 fully saturated rings. The minimum absolute atomic E-state index is 0.216. The highest BCUT2D eigenvalue weighted by molar-refractivity contribution is 5.36. The summed E-state index contributed by atoms with van der Waals surface area (Å²) in [4.78, 5) is 0. The van der Waals surface area contributed by atoms with E-state index in [4.69, 9.17) is 0 Å². The molecule has 2 rings (SSSR count). The standard InChI is InChI=1S/C14H11F3O/c1-14(18,9-5-7-10(15)8-6-9)13-11(16)3-2-4-12(13)17/h2-8,18H,1H3. The highest BCUT2D eigenvalue weighted by Crippen LogP contribution is 2.32. The van der Waals surface area contributed by atoms with Gasteiger partial charge in [-0.15, -0.1) is 0 Å². The lowest BCUT2D eigenvalue weighted by molar-refractivity contribution is 0.0933. The van der Waals surface area contributed by atoms with Crippen molar-refractivity contribution in [3.05, 3.63) is 71.0 Å². The van der Waals surface area contributed by atoms with Gasteiger partial charge in [0.25, 0.3) is 0 Å². The molecular weight excluding hydrogens is 241 g/mol. The van der Waals surface area contributed by atoms with Gasteiger partial charge in [0.05, 0.1) is 5.56 Å². The monoisotopic (exact) mass is 252 g/mol. The zero-order valence-corrected chi connectivity index (χ0v) is 9.62. The van der Waals surface area contributed by atoms with E-state index < -0.39 is 28.6 Å². The lowest BCUT2D eigenvalue weighted by Crippen LogP contribution is -2.26. The first-order valence-corrected chi connectivity index (χ1v) is 5.36. The highest BCUT2D eigenvalue weighted by Gasteiger charge is 2.31. The molecule has 0 aliphatic heterocycles. The van der Waals surface area contributed by atoms with Gasteiger partial charge in [0.2, 0.25) is 0 Å². The Morgan fingerprint density at radius 2 is 1.39 bits per heavy atom. The minimum atomic E-state index is -1.86. The van der Waals surface area contributed by atoms with Crippen LogP contribution in [-0.2, 0) is 5.60 Å². The van der Waals surface area contributed by atoms with Gasteiger partial charge in [0.15, 0.2) is 0 Å². The molecule has 1 nitrogen and oxygen atoms in total. The molecule has 1 atom stereocenters. The molecule has 4 heteroatoms. The van der Waals surface area contributed by atoms with Gasteiger partial charge in [0.1, 0.15) is 23.1 Å². The molecular formula is C14H11F3O. The number of hydrogen-bond donors (Lipinski definition) is 1. The Bertz CT molecular complexity index is 542. The van der Waals surface area contributed by atoms with Crippen molar-refractivity contribution < 1.29 is 18.3 Å². The van der Waals surface area contributed by atoms with Gasteiger partial charge in [0, 0.05) is 0 Å². The van der Waals surface area contributed by atoms with Crippen molar-refractivity contribution in [2.24, 2.45) is 0 Å². The third-order valence-corrected chi connectivity index (χ3v) is 2.86. The van der Waals surface area contributed by atoms with Gasteiger partial charge in [-0.1, -0.05) is 18.2 Å². The van der Waals surface area contributed by atoms with Crippen LogP contribution in [0.25, 0.3) is 0 Å². The van der Waals surface area contributed by atoms with E-state index in [1.165, 1.54) is 25.1 Å². The number of rotatable bonds is 2. The van der Waals surface area contributed by atoms with Crippen LogP contribution in [0, 0.1) is 17.5 Å². The SMILES string of the molecule is CC(O)(c1ccc(F)cc1)c1c(F)cccc1F. The van der Waals surface area contributed by atoms with Crippen molar-refractivity contribution in [3.8, 4) is 0 Å². The molecule has 0 aromatic heterocycles. The highest BCUT2D eigenvalue weighted by atomic mass is 19.1. The first-order chi connectivity index (χ1) is 8.43. The first kappa shape index (κ1) is 12.6. The Hall–Kier alpha value is -1.81. The summed E-state index contributed by atoms with van der Waals surface area (Å²) < 4.78 is 40.1. The quantitative estimate of drug-likeness (QED) is 0.868. The number of benzene rings is 2. The van der Waals surface area contributed by atoms with Gasteiger partial charge < -0.3 is 5.11 Å². The fraction of sp³-hybridized carbons (Fsp3) is 0.143. The molecule has 0 heterocycles. The molecule has 0 spiro atoms. The molecule has 0 saturated heterocycles. The summed E-state index contributed by atoms with van der Waals surface area (Å²) in [5.41, 5.74) is -2.09. The van der Waals surface area contributed by atoms with E-state index in [9.17, 15) is 18.3 Å². The molecule has 1 unspecified atom stereocenters. The Morgan fingerprint density at radius 3 is 1.89 bits per heavy atom. The third-order valence-electron chi connectivity index (χ3n) is 2.86. The van der Waals surface area contributed by atoms with Gasteiger partial charge in [-0.2, -0.15) is 0 Å². The maximum absolute atomic E-state index is 13.6. The molecule has 1 N–H and O–H groups in total. The van der Waals surface area contributed by atoms with Gasteiger partial charge >= 0.3 is 0 Å². The molecule has 18 heavy (non-hydrogen) atoms. The maximum Gasteiger partial charge on any atom is 0.132 e. The van der Waals surface area contributed by atoms with Gasteiger partial charge in [-0.05, 0) is 36.8 Å². The van der Waals surface area contributed by atoms with Crippen molar-refractivity contribution in [2.75, 3.05) is 0 Å². The fourth-order valence-corrected chi connectivity index (χ4v) is 1.88. The zero-order chi connectivity index (χ0) is 13.3. The predicted octanol–water partition coefficient (Wildman–Crippen LogP) is 3.36. The molecule has 2 aromatic carbocycles. The Morgan fingerprint density at radius 1 is 0.889 bits per heavy atom. The number of aliphatic hydroxyl groups is 1.